The number of hydrogen-bond donors (Lipinski definition) is 2. The Labute approximate surface area is 120 Å². The molecule has 0 radical (unpaired) electrons. The van der Waals surface area contributed by atoms with Crippen molar-refractivity contribution in [1.82, 2.24) is 5.32 Å². The van der Waals surface area contributed by atoms with Gasteiger partial charge in [-0.05, 0) is 24.1 Å². The van der Waals surface area contributed by atoms with E-state index in [1.54, 1.807) is 0 Å². The minimum absolute atomic E-state index is 0.00187. The smallest absolute Gasteiger partial charge is 0.146 e. The van der Waals surface area contributed by atoms with Gasteiger partial charge in [-0.2, -0.15) is 0 Å². The standard InChI is InChI=1S/C15H24FN3O/c1-2-12-7-14(19-5-3-18-4-6-19)9-15(8-12)20-11-13(16)10-17/h7-9,13,18H,2-6,10-11,17H2,1H3/t13-/m1/s1. The molecule has 0 spiro atoms. The monoisotopic (exact) mass is 281 g/mol. The Morgan fingerprint density at radius 2 is 2.10 bits per heavy atom. The van der Waals surface area contributed by atoms with Gasteiger partial charge >= 0.3 is 0 Å². The number of anilines is 1. The van der Waals surface area contributed by atoms with Gasteiger partial charge in [0.2, 0.25) is 0 Å². The number of alkyl halides is 1. The maximum Gasteiger partial charge on any atom is 0.146 e. The molecule has 0 bridgehead atoms. The molecule has 1 aliphatic heterocycles. The van der Waals surface area contributed by atoms with Crippen LogP contribution in [0, 0.1) is 0 Å². The summed E-state index contributed by atoms with van der Waals surface area (Å²) in [6.07, 6.45) is -0.172. The fourth-order valence-corrected chi connectivity index (χ4v) is 2.29. The van der Waals surface area contributed by atoms with Crippen molar-refractivity contribution in [1.29, 1.82) is 0 Å². The number of aryl methyl sites for hydroxylation is 1. The molecule has 5 heteroatoms. The minimum Gasteiger partial charge on any atom is -0.490 e. The molecule has 4 nitrogen and oxygen atoms in total. The third-order valence-electron chi connectivity index (χ3n) is 3.53. The molecule has 1 aliphatic rings. The molecule has 0 unspecified atom stereocenters. The van der Waals surface area contributed by atoms with Crippen LogP contribution in [-0.2, 0) is 6.42 Å². The first-order valence-electron chi connectivity index (χ1n) is 7.29. The van der Waals surface area contributed by atoms with Gasteiger partial charge in [-0.15, -0.1) is 0 Å². The lowest BCUT2D eigenvalue weighted by molar-refractivity contribution is 0.201. The van der Waals surface area contributed by atoms with Crippen molar-refractivity contribution in [2.24, 2.45) is 5.73 Å². The van der Waals surface area contributed by atoms with Gasteiger partial charge in [0.15, 0.2) is 0 Å². The molecule has 1 atom stereocenters. The first-order valence-corrected chi connectivity index (χ1v) is 7.29. The number of hydrogen-bond acceptors (Lipinski definition) is 4. The summed E-state index contributed by atoms with van der Waals surface area (Å²) in [5, 5.41) is 3.34. The lowest BCUT2D eigenvalue weighted by Crippen LogP contribution is -2.43. The summed E-state index contributed by atoms with van der Waals surface area (Å²) in [5.74, 6) is 0.731. The fraction of sp³-hybridized carbons (Fsp3) is 0.600. The fourth-order valence-electron chi connectivity index (χ4n) is 2.29. The highest BCUT2D eigenvalue weighted by molar-refractivity contribution is 5.54. The van der Waals surface area contributed by atoms with Crippen LogP contribution < -0.4 is 20.7 Å². The maximum absolute atomic E-state index is 13.2. The summed E-state index contributed by atoms with van der Waals surface area (Å²) in [6, 6.07) is 6.16. The number of piperazine rings is 1. The van der Waals surface area contributed by atoms with E-state index in [2.05, 4.69) is 23.2 Å². The normalized spacial score (nSPS) is 17.1. The topological polar surface area (TPSA) is 50.5 Å². The SMILES string of the molecule is CCc1cc(OC[C@H](F)CN)cc(N2CCNCC2)c1. The van der Waals surface area contributed by atoms with Crippen LogP contribution in [0.1, 0.15) is 12.5 Å². The van der Waals surface area contributed by atoms with Gasteiger partial charge in [-0.1, -0.05) is 6.92 Å². The number of ether oxygens (including phenoxy) is 1. The van der Waals surface area contributed by atoms with Crippen molar-refractivity contribution >= 4 is 5.69 Å². The molecular weight excluding hydrogens is 257 g/mol. The van der Waals surface area contributed by atoms with Crippen molar-refractivity contribution in [3.8, 4) is 5.75 Å². The van der Waals surface area contributed by atoms with Crippen LogP contribution >= 0.6 is 0 Å². The Morgan fingerprint density at radius 1 is 1.35 bits per heavy atom. The number of benzene rings is 1. The molecule has 112 valence electrons. The molecule has 1 heterocycles. The highest BCUT2D eigenvalue weighted by atomic mass is 19.1. The quantitative estimate of drug-likeness (QED) is 0.826. The van der Waals surface area contributed by atoms with Crippen LogP contribution in [-0.4, -0.2) is 45.5 Å². The van der Waals surface area contributed by atoms with E-state index < -0.39 is 6.17 Å². The maximum atomic E-state index is 13.2. The Balaban J connectivity index is 2.10. The van der Waals surface area contributed by atoms with E-state index in [4.69, 9.17) is 10.5 Å². The van der Waals surface area contributed by atoms with Gasteiger partial charge in [-0.25, -0.2) is 4.39 Å². The number of nitrogens with two attached hydrogens (primary N) is 1. The molecule has 1 aromatic rings. The highest BCUT2D eigenvalue weighted by Crippen LogP contribution is 2.25. The van der Waals surface area contributed by atoms with Gasteiger partial charge < -0.3 is 20.7 Å². The van der Waals surface area contributed by atoms with Crippen molar-refractivity contribution in [3.05, 3.63) is 23.8 Å². The van der Waals surface area contributed by atoms with Crippen molar-refractivity contribution in [3.63, 3.8) is 0 Å². The molecule has 0 aliphatic carbocycles. The van der Waals surface area contributed by atoms with Gasteiger partial charge in [0.1, 0.15) is 18.5 Å². The second kappa shape index (κ2) is 7.45. The molecule has 0 amide bonds. The second-order valence-corrected chi connectivity index (χ2v) is 5.07. The van der Waals surface area contributed by atoms with E-state index in [-0.39, 0.29) is 13.2 Å². The lowest BCUT2D eigenvalue weighted by atomic mass is 10.1. The van der Waals surface area contributed by atoms with Crippen LogP contribution in [0.2, 0.25) is 0 Å². The second-order valence-electron chi connectivity index (χ2n) is 5.07. The average Bonchev–Trinajstić information content (AvgIpc) is 2.53. The summed E-state index contributed by atoms with van der Waals surface area (Å²) in [4.78, 5) is 2.33. The number of nitrogens with one attached hydrogen (secondary N) is 1. The van der Waals surface area contributed by atoms with E-state index in [0.29, 0.717) is 0 Å². The van der Waals surface area contributed by atoms with Crippen molar-refractivity contribution < 1.29 is 9.13 Å². The number of rotatable bonds is 6. The van der Waals surface area contributed by atoms with Crippen LogP contribution in [0.4, 0.5) is 10.1 Å². The molecule has 1 fully saturated rings. The van der Waals surface area contributed by atoms with Crippen molar-refractivity contribution in [2.45, 2.75) is 19.5 Å². The van der Waals surface area contributed by atoms with E-state index in [0.717, 1.165) is 44.0 Å². The average molecular weight is 281 g/mol. The van der Waals surface area contributed by atoms with Crippen LogP contribution in [0.5, 0.6) is 5.75 Å². The van der Waals surface area contributed by atoms with Crippen LogP contribution in [0.25, 0.3) is 0 Å². The van der Waals surface area contributed by atoms with Crippen LogP contribution in [0.15, 0.2) is 18.2 Å². The Hall–Kier alpha value is -1.33. The summed E-state index contributed by atoms with van der Waals surface area (Å²) >= 11 is 0. The lowest BCUT2D eigenvalue weighted by Gasteiger charge is -2.30. The summed E-state index contributed by atoms with van der Waals surface area (Å²) in [5.41, 5.74) is 7.63. The first-order chi connectivity index (χ1) is 9.72. The summed E-state index contributed by atoms with van der Waals surface area (Å²) in [7, 11) is 0. The van der Waals surface area contributed by atoms with E-state index in [9.17, 15) is 4.39 Å². The molecule has 1 saturated heterocycles. The van der Waals surface area contributed by atoms with E-state index in [1.807, 2.05) is 12.1 Å². The molecule has 2 rings (SSSR count). The molecular formula is C15H24FN3O. The molecule has 0 saturated carbocycles. The first kappa shape index (κ1) is 15.1. The van der Waals surface area contributed by atoms with Crippen LogP contribution in [0.3, 0.4) is 0 Å². The molecule has 1 aromatic carbocycles. The third-order valence-corrected chi connectivity index (χ3v) is 3.53. The third kappa shape index (κ3) is 4.08. The zero-order chi connectivity index (χ0) is 14.4. The number of nitrogens with zero attached hydrogens (tertiary/aromatic N) is 1. The predicted molar refractivity (Wildman–Crippen MR) is 80.3 cm³/mol. The Bertz CT molecular complexity index is 422. The summed E-state index contributed by atoms with van der Waals surface area (Å²) < 4.78 is 18.7. The van der Waals surface area contributed by atoms with E-state index >= 15 is 0 Å². The van der Waals surface area contributed by atoms with Gasteiger partial charge in [0, 0.05) is 44.5 Å². The molecule has 3 N–H and O–H groups in total. The summed E-state index contributed by atoms with van der Waals surface area (Å²) in [6.45, 7) is 6.09. The van der Waals surface area contributed by atoms with Gasteiger partial charge in [0.05, 0.1) is 0 Å². The Kier molecular flexibility index (Phi) is 5.61. The minimum atomic E-state index is -1.11. The zero-order valence-corrected chi connectivity index (χ0v) is 12.1. The van der Waals surface area contributed by atoms with Gasteiger partial charge in [0.25, 0.3) is 0 Å². The van der Waals surface area contributed by atoms with E-state index in [1.165, 1.54) is 5.56 Å². The highest BCUT2D eigenvalue weighted by Gasteiger charge is 2.13. The largest absolute Gasteiger partial charge is 0.490 e. The predicted octanol–water partition coefficient (Wildman–Crippen LogP) is 1.33. The van der Waals surface area contributed by atoms with Gasteiger partial charge in [-0.3, -0.25) is 0 Å². The Morgan fingerprint density at radius 3 is 2.75 bits per heavy atom. The van der Waals surface area contributed by atoms with Crippen molar-refractivity contribution in [2.75, 3.05) is 44.2 Å². The zero-order valence-electron chi connectivity index (χ0n) is 12.1. The molecule has 20 heavy (non-hydrogen) atoms. The number of halogens is 1. The molecule has 0 aromatic heterocycles.